The van der Waals surface area contributed by atoms with Gasteiger partial charge in [0.05, 0.1) is 17.1 Å². The van der Waals surface area contributed by atoms with Gasteiger partial charge >= 0.3 is 0 Å². The maximum atomic E-state index is 13.1. The van der Waals surface area contributed by atoms with Gasteiger partial charge in [0.1, 0.15) is 5.69 Å². The molecule has 0 bridgehead atoms. The van der Waals surface area contributed by atoms with E-state index in [1.165, 1.54) is 10.2 Å². The predicted molar refractivity (Wildman–Crippen MR) is 143 cm³/mol. The molecule has 0 aliphatic heterocycles. The van der Waals surface area contributed by atoms with Crippen molar-refractivity contribution in [3.05, 3.63) is 112 Å². The van der Waals surface area contributed by atoms with Crippen LogP contribution in [0.5, 0.6) is 0 Å². The lowest BCUT2D eigenvalue weighted by atomic mass is 9.87. The molecule has 0 aliphatic rings. The number of nitrogens with zero attached hydrogens (tertiary/aromatic N) is 3. The Morgan fingerprint density at radius 2 is 1.63 bits per heavy atom. The Morgan fingerprint density at radius 3 is 2.29 bits per heavy atom. The van der Waals surface area contributed by atoms with Crippen LogP contribution in [0.2, 0.25) is 0 Å². The molecular weight excluding hydrogens is 436 g/mol. The van der Waals surface area contributed by atoms with Gasteiger partial charge in [0.2, 0.25) is 0 Å². The van der Waals surface area contributed by atoms with Gasteiger partial charge in [-0.3, -0.25) is 19.3 Å². The van der Waals surface area contributed by atoms with Crippen LogP contribution in [0.3, 0.4) is 0 Å². The summed E-state index contributed by atoms with van der Waals surface area (Å²) in [6.07, 6.45) is 1.78. The molecular formula is C29H30N4O2. The standard InChI is InChI=1S/C29H30N4O2/c1-20-26(28(35)33(32(20)5)25-12-7-6-8-13-25)31-27(34)22-10-9-11-24(18-22)30-19-21-14-16-23(17-15-21)29(2,3)4/h6-19H,1-5H3,(H,31,34). The van der Waals surface area contributed by atoms with E-state index in [1.54, 1.807) is 36.1 Å². The number of amides is 1. The third kappa shape index (κ3) is 5.17. The number of anilines is 1. The topological polar surface area (TPSA) is 68.4 Å². The van der Waals surface area contributed by atoms with E-state index in [2.05, 4.69) is 43.2 Å². The summed E-state index contributed by atoms with van der Waals surface area (Å²) < 4.78 is 3.27. The molecule has 178 valence electrons. The highest BCUT2D eigenvalue weighted by Crippen LogP contribution is 2.22. The molecule has 4 aromatic rings. The van der Waals surface area contributed by atoms with Crippen molar-refractivity contribution in [3.63, 3.8) is 0 Å². The van der Waals surface area contributed by atoms with Gasteiger partial charge in [0.15, 0.2) is 0 Å². The number of benzene rings is 3. The fraction of sp³-hybridized carbons (Fsp3) is 0.207. The molecule has 0 fully saturated rings. The van der Waals surface area contributed by atoms with E-state index < -0.39 is 0 Å². The van der Waals surface area contributed by atoms with Gasteiger partial charge in [-0.15, -0.1) is 0 Å². The summed E-state index contributed by atoms with van der Waals surface area (Å²) in [6, 6.07) is 24.7. The van der Waals surface area contributed by atoms with Gasteiger partial charge in [-0.25, -0.2) is 4.68 Å². The van der Waals surface area contributed by atoms with E-state index in [4.69, 9.17) is 0 Å². The fourth-order valence-electron chi connectivity index (χ4n) is 3.84. The Morgan fingerprint density at radius 1 is 0.943 bits per heavy atom. The predicted octanol–water partition coefficient (Wildman–Crippen LogP) is 5.78. The van der Waals surface area contributed by atoms with Crippen LogP contribution in [-0.4, -0.2) is 21.5 Å². The first-order valence-corrected chi connectivity index (χ1v) is 11.6. The van der Waals surface area contributed by atoms with Crippen molar-refractivity contribution >= 4 is 23.5 Å². The summed E-state index contributed by atoms with van der Waals surface area (Å²) in [4.78, 5) is 30.6. The van der Waals surface area contributed by atoms with Crippen molar-refractivity contribution in [3.8, 4) is 5.69 Å². The lowest BCUT2D eigenvalue weighted by molar-refractivity contribution is 0.102. The number of para-hydroxylation sites is 1. The van der Waals surface area contributed by atoms with E-state index >= 15 is 0 Å². The number of rotatable bonds is 5. The quantitative estimate of drug-likeness (QED) is 0.379. The van der Waals surface area contributed by atoms with Gasteiger partial charge in [-0.05, 0) is 53.8 Å². The third-order valence-corrected chi connectivity index (χ3v) is 6.04. The zero-order valence-corrected chi connectivity index (χ0v) is 20.7. The van der Waals surface area contributed by atoms with Gasteiger partial charge in [-0.1, -0.05) is 69.3 Å². The molecule has 1 N–H and O–H groups in total. The van der Waals surface area contributed by atoms with E-state index in [-0.39, 0.29) is 22.6 Å². The summed E-state index contributed by atoms with van der Waals surface area (Å²) in [5.41, 5.74) is 4.80. The van der Waals surface area contributed by atoms with E-state index in [9.17, 15) is 9.59 Å². The SMILES string of the molecule is Cc1c(NC(=O)c2cccc(N=Cc3ccc(C(C)(C)C)cc3)c2)c(=O)n(-c2ccccc2)n1C. The maximum Gasteiger partial charge on any atom is 0.295 e. The molecule has 6 nitrogen and oxygen atoms in total. The molecule has 1 aromatic heterocycles. The number of carbonyl (C=O) groups is 1. The van der Waals surface area contributed by atoms with Crippen LogP contribution in [0.1, 0.15) is 48.0 Å². The Hall–Kier alpha value is -4.19. The second kappa shape index (κ2) is 9.58. The Balaban J connectivity index is 1.54. The molecule has 0 aliphatic carbocycles. The zero-order chi connectivity index (χ0) is 25.2. The number of hydrogen-bond donors (Lipinski definition) is 1. The summed E-state index contributed by atoms with van der Waals surface area (Å²) in [7, 11) is 1.79. The minimum atomic E-state index is -0.359. The van der Waals surface area contributed by atoms with Gasteiger partial charge in [-0.2, -0.15) is 0 Å². The summed E-state index contributed by atoms with van der Waals surface area (Å²) in [6.45, 7) is 8.35. The first kappa shape index (κ1) is 24.0. The zero-order valence-electron chi connectivity index (χ0n) is 20.7. The highest BCUT2D eigenvalue weighted by atomic mass is 16.2. The molecule has 0 unspecified atom stereocenters. The first-order valence-electron chi connectivity index (χ1n) is 11.6. The van der Waals surface area contributed by atoms with Gasteiger partial charge in [0.25, 0.3) is 11.5 Å². The highest BCUT2D eigenvalue weighted by molar-refractivity contribution is 6.05. The van der Waals surface area contributed by atoms with Crippen LogP contribution in [0.25, 0.3) is 5.69 Å². The monoisotopic (exact) mass is 466 g/mol. The fourth-order valence-corrected chi connectivity index (χ4v) is 3.84. The molecule has 0 atom stereocenters. The van der Waals surface area contributed by atoms with Crippen molar-refractivity contribution in [2.24, 2.45) is 12.0 Å². The van der Waals surface area contributed by atoms with Crippen LogP contribution in [-0.2, 0) is 12.5 Å². The van der Waals surface area contributed by atoms with E-state index in [0.29, 0.717) is 16.9 Å². The normalized spacial score (nSPS) is 11.7. The average Bonchev–Trinajstić information content (AvgIpc) is 3.06. The minimum absolute atomic E-state index is 0.0960. The number of aliphatic imine (C=N–C) groups is 1. The van der Waals surface area contributed by atoms with E-state index in [1.807, 2.05) is 55.5 Å². The molecule has 0 spiro atoms. The number of aromatic nitrogens is 2. The van der Waals surface area contributed by atoms with Crippen LogP contribution in [0.4, 0.5) is 11.4 Å². The molecule has 6 heteroatoms. The van der Waals surface area contributed by atoms with Gasteiger partial charge < -0.3 is 5.32 Å². The largest absolute Gasteiger partial charge is 0.316 e. The molecule has 3 aromatic carbocycles. The molecule has 1 heterocycles. The lowest BCUT2D eigenvalue weighted by Crippen LogP contribution is -2.22. The second-order valence-corrected chi connectivity index (χ2v) is 9.57. The summed E-state index contributed by atoms with van der Waals surface area (Å²) in [5, 5.41) is 2.80. The van der Waals surface area contributed by atoms with Crippen molar-refractivity contribution in [2.75, 3.05) is 5.32 Å². The Labute approximate surface area is 205 Å². The average molecular weight is 467 g/mol. The summed E-state index contributed by atoms with van der Waals surface area (Å²) >= 11 is 0. The second-order valence-electron chi connectivity index (χ2n) is 9.57. The molecule has 0 radical (unpaired) electrons. The lowest BCUT2D eigenvalue weighted by Gasteiger charge is -2.18. The molecule has 4 rings (SSSR count). The third-order valence-electron chi connectivity index (χ3n) is 6.04. The molecule has 35 heavy (non-hydrogen) atoms. The summed E-state index contributed by atoms with van der Waals surface area (Å²) in [5.74, 6) is -0.359. The van der Waals surface area contributed by atoms with Crippen molar-refractivity contribution in [1.29, 1.82) is 0 Å². The van der Waals surface area contributed by atoms with Crippen LogP contribution in [0.15, 0.2) is 88.6 Å². The first-order chi connectivity index (χ1) is 16.6. The molecule has 0 saturated heterocycles. The Bertz CT molecular complexity index is 1440. The minimum Gasteiger partial charge on any atom is -0.316 e. The van der Waals surface area contributed by atoms with Crippen LogP contribution < -0.4 is 10.9 Å². The van der Waals surface area contributed by atoms with Crippen molar-refractivity contribution in [2.45, 2.75) is 33.1 Å². The van der Waals surface area contributed by atoms with Gasteiger partial charge in [0, 0.05) is 18.8 Å². The molecule has 0 saturated carbocycles. The maximum absolute atomic E-state index is 13.1. The number of carbonyl (C=O) groups excluding carboxylic acids is 1. The van der Waals surface area contributed by atoms with E-state index in [0.717, 1.165) is 11.3 Å². The van der Waals surface area contributed by atoms with Crippen LogP contribution >= 0.6 is 0 Å². The Kier molecular flexibility index (Phi) is 6.56. The van der Waals surface area contributed by atoms with Crippen molar-refractivity contribution < 1.29 is 4.79 Å². The molecule has 1 amide bonds. The number of nitrogens with one attached hydrogen (secondary N) is 1. The highest BCUT2D eigenvalue weighted by Gasteiger charge is 2.19. The van der Waals surface area contributed by atoms with Crippen LogP contribution in [0, 0.1) is 6.92 Å². The van der Waals surface area contributed by atoms with Crippen molar-refractivity contribution in [1.82, 2.24) is 9.36 Å². The smallest absolute Gasteiger partial charge is 0.295 e. The number of hydrogen-bond acceptors (Lipinski definition) is 3.